The average Bonchev–Trinajstić information content (AvgIpc) is 3.09. The van der Waals surface area contributed by atoms with Gasteiger partial charge in [-0.25, -0.2) is 21.2 Å². The predicted molar refractivity (Wildman–Crippen MR) is 125 cm³/mol. The number of fused-ring (bicyclic) bond motifs is 1. The Morgan fingerprint density at radius 2 is 1.72 bits per heavy atom. The van der Waals surface area contributed by atoms with Gasteiger partial charge in [0, 0.05) is 23.8 Å². The first-order valence-electron chi connectivity index (χ1n) is 9.63. The van der Waals surface area contributed by atoms with Crippen LogP contribution in [0.1, 0.15) is 11.1 Å². The molecule has 0 aliphatic rings. The molecule has 0 atom stereocenters. The molecule has 9 heteroatoms. The normalized spacial score (nSPS) is 11.4. The van der Waals surface area contributed by atoms with E-state index in [9.17, 15) is 17.2 Å². The molecule has 1 aromatic heterocycles. The molecule has 0 unspecified atom stereocenters. The number of aromatic nitrogens is 1. The molecule has 0 saturated heterocycles. The van der Waals surface area contributed by atoms with Crippen LogP contribution in [-0.4, -0.2) is 19.4 Å². The topological polar surface area (TPSA) is 63.1 Å². The van der Waals surface area contributed by atoms with Crippen molar-refractivity contribution >= 4 is 44.7 Å². The van der Waals surface area contributed by atoms with E-state index in [1.54, 1.807) is 44.3 Å². The van der Waals surface area contributed by atoms with Gasteiger partial charge in [0.2, 0.25) is 0 Å². The number of halogens is 3. The van der Waals surface area contributed by atoms with Crippen molar-refractivity contribution in [3.05, 3.63) is 89.6 Å². The number of hydrogen-bond donors (Lipinski definition) is 2. The maximum absolute atomic E-state index is 14.3. The minimum Gasteiger partial charge on any atom is -0.353 e. The van der Waals surface area contributed by atoms with E-state index in [2.05, 4.69) is 10.6 Å². The van der Waals surface area contributed by atoms with Crippen molar-refractivity contribution in [1.29, 1.82) is 0 Å². The highest BCUT2D eigenvalue weighted by atomic mass is 35.5. The monoisotopic (exact) mass is 477 g/mol. The van der Waals surface area contributed by atoms with Gasteiger partial charge >= 0.3 is 0 Å². The molecule has 168 valence electrons. The van der Waals surface area contributed by atoms with Gasteiger partial charge in [-0.3, -0.25) is 0 Å². The first-order valence-corrected chi connectivity index (χ1v) is 11.1. The highest BCUT2D eigenvalue weighted by Gasteiger charge is 2.24. The zero-order valence-corrected chi connectivity index (χ0v) is 19.0. The smallest absolute Gasteiger partial charge is 0.271 e. The molecule has 32 heavy (non-hydrogen) atoms. The van der Waals surface area contributed by atoms with Gasteiger partial charge in [-0.05, 0) is 61.5 Å². The van der Waals surface area contributed by atoms with Crippen molar-refractivity contribution in [1.82, 2.24) is 9.29 Å². The van der Waals surface area contributed by atoms with Gasteiger partial charge in [-0.2, -0.15) is 0 Å². The second-order valence-corrected chi connectivity index (χ2v) is 9.04. The molecule has 5 nitrogen and oxygen atoms in total. The Labute approximate surface area is 191 Å². The van der Waals surface area contributed by atoms with Gasteiger partial charge in [0.1, 0.15) is 16.5 Å². The number of rotatable bonds is 6. The van der Waals surface area contributed by atoms with E-state index < -0.39 is 26.6 Å². The van der Waals surface area contributed by atoms with E-state index in [0.29, 0.717) is 23.1 Å². The summed E-state index contributed by atoms with van der Waals surface area (Å²) in [5, 5.41) is 6.70. The van der Waals surface area contributed by atoms with Crippen molar-refractivity contribution in [2.75, 3.05) is 12.4 Å². The first-order chi connectivity index (χ1) is 14.8. The van der Waals surface area contributed by atoms with Crippen LogP contribution in [0.3, 0.4) is 0 Å². The van der Waals surface area contributed by atoms with Crippen LogP contribution in [0.15, 0.2) is 71.8 Å². The summed E-state index contributed by atoms with van der Waals surface area (Å²) in [6.45, 7) is 2.22. The fourth-order valence-corrected chi connectivity index (χ4v) is 4.96. The number of nitrogens with one attached hydrogen (secondary N) is 2. The van der Waals surface area contributed by atoms with Gasteiger partial charge in [0.25, 0.3) is 10.0 Å². The fraction of sp³-hybridized carbons (Fsp3) is 0.130. The zero-order valence-electron chi connectivity index (χ0n) is 17.4. The summed E-state index contributed by atoms with van der Waals surface area (Å²) in [5.41, 5.74) is 2.68. The van der Waals surface area contributed by atoms with E-state index in [1.807, 2.05) is 0 Å². The fourth-order valence-electron chi connectivity index (χ4n) is 3.51. The highest BCUT2D eigenvalue weighted by molar-refractivity contribution is 7.90. The van der Waals surface area contributed by atoms with E-state index in [0.717, 1.165) is 21.2 Å². The number of aryl methyl sites for hydroxylation is 1. The molecule has 0 saturated carbocycles. The van der Waals surface area contributed by atoms with Crippen LogP contribution in [0.4, 0.5) is 20.2 Å². The quantitative estimate of drug-likeness (QED) is 0.393. The maximum atomic E-state index is 14.3. The number of nitrogens with zero attached hydrogens (tertiary/aromatic N) is 1. The third kappa shape index (κ3) is 4.34. The van der Waals surface area contributed by atoms with Crippen LogP contribution in [0.25, 0.3) is 10.9 Å². The van der Waals surface area contributed by atoms with Crippen molar-refractivity contribution in [2.45, 2.75) is 18.4 Å². The predicted octanol–water partition coefficient (Wildman–Crippen LogP) is 5.35. The van der Waals surface area contributed by atoms with Gasteiger partial charge in [0.05, 0.1) is 11.2 Å². The summed E-state index contributed by atoms with van der Waals surface area (Å²) in [5.74, 6) is -1.24. The lowest BCUT2D eigenvalue weighted by molar-refractivity contribution is 0.562. The molecule has 0 aliphatic carbocycles. The van der Waals surface area contributed by atoms with Crippen molar-refractivity contribution in [2.24, 2.45) is 0 Å². The summed E-state index contributed by atoms with van der Waals surface area (Å²) in [6, 6.07) is 15.2. The van der Waals surface area contributed by atoms with Gasteiger partial charge in [-0.1, -0.05) is 24.3 Å². The number of benzene rings is 3. The molecular formula is C23H22ClF2N3O2S. The first kappa shape index (κ1) is 23.7. The largest absolute Gasteiger partial charge is 0.353 e. The molecule has 0 bridgehead atoms. The van der Waals surface area contributed by atoms with Crippen molar-refractivity contribution in [3.8, 4) is 0 Å². The summed E-state index contributed by atoms with van der Waals surface area (Å²) in [7, 11) is -2.43. The number of hydrogen-bond acceptors (Lipinski definition) is 4. The van der Waals surface area contributed by atoms with Crippen LogP contribution in [0, 0.1) is 18.6 Å². The number of anilines is 2. The zero-order chi connectivity index (χ0) is 22.2. The Morgan fingerprint density at radius 1 is 0.969 bits per heavy atom. The third-order valence-corrected chi connectivity index (χ3v) is 6.71. The summed E-state index contributed by atoms with van der Waals surface area (Å²) in [4.78, 5) is -0.411. The minimum absolute atomic E-state index is 0. The van der Waals surface area contributed by atoms with Crippen LogP contribution in [0.5, 0.6) is 0 Å². The Kier molecular flexibility index (Phi) is 6.88. The molecule has 1 heterocycles. The lowest BCUT2D eigenvalue weighted by atomic mass is 10.1. The Balaban J connectivity index is 0.00000289. The standard InChI is InChI=1S/C23H21F2N3O2S.ClH/c1-15-7-10-21(20(25)11-15)27-17-8-9-18-16(13-26-2)14-28(22(18)12-17)31(29,30)23-6-4-3-5-19(23)24;/h3-12,14,26-27H,13H2,1-2H3;1H. The van der Waals surface area contributed by atoms with Crippen molar-refractivity contribution < 1.29 is 17.2 Å². The lowest BCUT2D eigenvalue weighted by Gasteiger charge is -2.11. The molecule has 4 aromatic rings. The van der Waals surface area contributed by atoms with Gasteiger partial charge < -0.3 is 10.6 Å². The molecule has 2 N–H and O–H groups in total. The highest BCUT2D eigenvalue weighted by Crippen LogP contribution is 2.31. The summed E-state index contributed by atoms with van der Waals surface area (Å²) >= 11 is 0. The average molecular weight is 478 g/mol. The Hall–Kier alpha value is -2.94. The second-order valence-electron chi connectivity index (χ2n) is 7.26. The van der Waals surface area contributed by atoms with E-state index in [-0.39, 0.29) is 18.1 Å². The van der Waals surface area contributed by atoms with E-state index >= 15 is 0 Å². The molecule has 0 radical (unpaired) electrons. The summed E-state index contributed by atoms with van der Waals surface area (Å²) in [6.07, 6.45) is 1.49. The van der Waals surface area contributed by atoms with Crippen molar-refractivity contribution in [3.63, 3.8) is 0 Å². The Bertz CT molecular complexity index is 1390. The van der Waals surface area contributed by atoms with Gasteiger partial charge in [0.15, 0.2) is 0 Å². The molecule has 4 rings (SSSR count). The molecule has 0 aliphatic heterocycles. The molecule has 0 fully saturated rings. The van der Waals surface area contributed by atoms with E-state index in [4.69, 9.17) is 0 Å². The third-order valence-electron chi connectivity index (χ3n) is 5.00. The minimum atomic E-state index is -4.19. The molecule has 0 amide bonds. The van der Waals surface area contributed by atoms with Crippen LogP contribution >= 0.6 is 12.4 Å². The van der Waals surface area contributed by atoms with Crippen LogP contribution in [0.2, 0.25) is 0 Å². The lowest BCUT2D eigenvalue weighted by Crippen LogP contribution is -2.14. The molecule has 0 spiro atoms. The van der Waals surface area contributed by atoms with E-state index in [1.165, 1.54) is 30.5 Å². The maximum Gasteiger partial charge on any atom is 0.271 e. The Morgan fingerprint density at radius 3 is 2.41 bits per heavy atom. The second kappa shape index (κ2) is 9.28. The summed E-state index contributed by atoms with van der Waals surface area (Å²) < 4.78 is 56.2. The molecular weight excluding hydrogens is 456 g/mol. The van der Waals surface area contributed by atoms with Crippen LogP contribution < -0.4 is 10.6 Å². The van der Waals surface area contributed by atoms with Gasteiger partial charge in [-0.15, -0.1) is 12.4 Å². The molecule has 3 aromatic carbocycles. The van der Waals surface area contributed by atoms with Crippen LogP contribution in [-0.2, 0) is 16.6 Å². The SMILES string of the molecule is CNCc1cn(S(=O)(=O)c2ccccc2F)c2cc(Nc3ccc(C)cc3F)ccc12.Cl.